The fourth-order valence-corrected chi connectivity index (χ4v) is 3.89. The van der Waals surface area contributed by atoms with Crippen molar-refractivity contribution >= 4 is 5.82 Å². The third-order valence-corrected chi connectivity index (χ3v) is 5.29. The second kappa shape index (κ2) is 5.93. The molecule has 2 unspecified atom stereocenters. The van der Waals surface area contributed by atoms with Gasteiger partial charge < -0.3 is 9.80 Å². The third kappa shape index (κ3) is 2.83. The molecule has 2 atom stereocenters. The smallest absolute Gasteiger partial charge is 0.151 e. The molecule has 0 amide bonds. The Morgan fingerprint density at radius 3 is 2.13 bits per heavy atom. The van der Waals surface area contributed by atoms with Crippen LogP contribution >= 0.6 is 0 Å². The average Bonchev–Trinajstić information content (AvgIpc) is 3.15. The molecule has 4 heteroatoms. The third-order valence-electron chi connectivity index (χ3n) is 5.29. The first-order valence-corrected chi connectivity index (χ1v) is 8.59. The quantitative estimate of drug-likeness (QED) is 0.873. The van der Waals surface area contributed by atoms with Crippen molar-refractivity contribution in [1.29, 1.82) is 0 Å². The van der Waals surface area contributed by atoms with Gasteiger partial charge in [0.05, 0.1) is 5.69 Å². The van der Waals surface area contributed by atoms with Gasteiger partial charge in [-0.15, -0.1) is 10.2 Å². The van der Waals surface area contributed by atoms with E-state index in [9.17, 15) is 0 Å². The summed E-state index contributed by atoms with van der Waals surface area (Å²) in [7, 11) is 0. The van der Waals surface area contributed by atoms with Crippen LogP contribution in [-0.2, 0) is 0 Å². The van der Waals surface area contributed by atoms with Gasteiger partial charge in [-0.1, -0.05) is 30.3 Å². The molecule has 2 aromatic rings. The summed E-state index contributed by atoms with van der Waals surface area (Å²) in [5.74, 6) is 2.59. The van der Waals surface area contributed by atoms with Crippen LogP contribution in [0.5, 0.6) is 0 Å². The molecule has 2 saturated heterocycles. The van der Waals surface area contributed by atoms with Crippen LogP contribution in [0.15, 0.2) is 42.5 Å². The highest BCUT2D eigenvalue weighted by Crippen LogP contribution is 2.34. The molecule has 0 bridgehead atoms. The average molecular weight is 308 g/mol. The molecule has 2 fully saturated rings. The lowest BCUT2D eigenvalue weighted by atomic mass is 10.0. The second-order valence-corrected chi connectivity index (χ2v) is 7.12. The summed E-state index contributed by atoms with van der Waals surface area (Å²) >= 11 is 0. The van der Waals surface area contributed by atoms with Crippen molar-refractivity contribution in [1.82, 2.24) is 15.1 Å². The van der Waals surface area contributed by atoms with Crippen LogP contribution in [0.1, 0.15) is 13.8 Å². The van der Waals surface area contributed by atoms with Gasteiger partial charge in [0.2, 0.25) is 0 Å². The molecule has 0 aliphatic carbocycles. The monoisotopic (exact) mass is 308 g/mol. The standard InChI is InChI=1S/C19H24N4/c1-14(2)22-10-16-12-23(13-17(16)11-22)19-9-8-18(20-21-19)15-6-4-3-5-7-15/h3-9,14,16-17H,10-13H2,1-2H3. The molecule has 23 heavy (non-hydrogen) atoms. The van der Waals surface area contributed by atoms with Crippen molar-refractivity contribution in [2.24, 2.45) is 11.8 Å². The SMILES string of the molecule is CC(C)N1CC2CN(c3ccc(-c4ccccc4)nn3)CC2C1. The molecule has 0 N–H and O–H groups in total. The Balaban J connectivity index is 1.45. The molecule has 0 radical (unpaired) electrons. The largest absolute Gasteiger partial charge is 0.354 e. The van der Waals surface area contributed by atoms with E-state index in [4.69, 9.17) is 0 Å². The zero-order valence-electron chi connectivity index (χ0n) is 13.9. The topological polar surface area (TPSA) is 32.3 Å². The molecule has 3 heterocycles. The normalized spacial score (nSPS) is 24.4. The van der Waals surface area contributed by atoms with Gasteiger partial charge >= 0.3 is 0 Å². The van der Waals surface area contributed by atoms with Crippen LogP contribution in [0.4, 0.5) is 5.82 Å². The van der Waals surface area contributed by atoms with E-state index in [1.807, 2.05) is 18.2 Å². The number of likely N-dealkylation sites (tertiary alicyclic amines) is 1. The van der Waals surface area contributed by atoms with E-state index in [-0.39, 0.29) is 0 Å². The first-order valence-electron chi connectivity index (χ1n) is 8.59. The van der Waals surface area contributed by atoms with Gasteiger partial charge in [0, 0.05) is 37.8 Å². The molecular weight excluding hydrogens is 284 g/mol. The summed E-state index contributed by atoms with van der Waals surface area (Å²) in [5, 5.41) is 8.91. The fourth-order valence-electron chi connectivity index (χ4n) is 3.89. The maximum atomic E-state index is 4.48. The van der Waals surface area contributed by atoms with Gasteiger partial charge in [0.15, 0.2) is 5.82 Å². The Hall–Kier alpha value is -1.94. The van der Waals surface area contributed by atoms with E-state index in [2.05, 4.69) is 58.1 Å². The van der Waals surface area contributed by atoms with Gasteiger partial charge in [0.25, 0.3) is 0 Å². The van der Waals surface area contributed by atoms with Crippen LogP contribution < -0.4 is 4.90 Å². The van der Waals surface area contributed by atoms with E-state index in [0.717, 1.165) is 42.0 Å². The Morgan fingerprint density at radius 1 is 0.870 bits per heavy atom. The molecule has 0 spiro atoms. The minimum atomic E-state index is 0.666. The van der Waals surface area contributed by atoms with Gasteiger partial charge in [-0.2, -0.15) is 0 Å². The molecule has 1 aromatic heterocycles. The molecule has 2 aliphatic rings. The molecule has 4 rings (SSSR count). The molecule has 120 valence electrons. The summed E-state index contributed by atoms with van der Waals surface area (Å²) in [4.78, 5) is 5.02. The maximum Gasteiger partial charge on any atom is 0.151 e. The van der Waals surface area contributed by atoms with Crippen LogP contribution in [-0.4, -0.2) is 47.3 Å². The highest BCUT2D eigenvalue weighted by atomic mass is 15.3. The zero-order chi connectivity index (χ0) is 15.8. The van der Waals surface area contributed by atoms with Gasteiger partial charge in [-0.3, -0.25) is 0 Å². The van der Waals surface area contributed by atoms with Crippen LogP contribution in [0.2, 0.25) is 0 Å². The zero-order valence-corrected chi connectivity index (χ0v) is 13.9. The predicted molar refractivity (Wildman–Crippen MR) is 93.4 cm³/mol. The van der Waals surface area contributed by atoms with Gasteiger partial charge in [-0.25, -0.2) is 0 Å². The number of rotatable bonds is 3. The van der Waals surface area contributed by atoms with Crippen molar-refractivity contribution < 1.29 is 0 Å². The van der Waals surface area contributed by atoms with Crippen molar-refractivity contribution in [3.8, 4) is 11.3 Å². The molecule has 2 aliphatic heterocycles. The summed E-state index contributed by atoms with van der Waals surface area (Å²) in [6.45, 7) is 9.29. The number of benzene rings is 1. The first kappa shape index (κ1) is 14.6. The van der Waals surface area contributed by atoms with Crippen molar-refractivity contribution in [2.45, 2.75) is 19.9 Å². The number of hydrogen-bond donors (Lipinski definition) is 0. The highest BCUT2D eigenvalue weighted by Gasteiger charge is 2.40. The van der Waals surface area contributed by atoms with Crippen LogP contribution in [0.3, 0.4) is 0 Å². The lowest BCUT2D eigenvalue weighted by Gasteiger charge is -2.24. The minimum absolute atomic E-state index is 0.666. The number of fused-ring (bicyclic) bond motifs is 1. The summed E-state index contributed by atoms with van der Waals surface area (Å²) in [6, 6.07) is 15.1. The minimum Gasteiger partial charge on any atom is -0.354 e. The fraction of sp³-hybridized carbons (Fsp3) is 0.474. The maximum absolute atomic E-state index is 4.48. The van der Waals surface area contributed by atoms with E-state index in [0.29, 0.717) is 6.04 Å². The Kier molecular flexibility index (Phi) is 3.77. The lowest BCUT2D eigenvalue weighted by Crippen LogP contribution is -2.33. The van der Waals surface area contributed by atoms with E-state index >= 15 is 0 Å². The molecule has 0 saturated carbocycles. The van der Waals surface area contributed by atoms with Crippen molar-refractivity contribution in [3.63, 3.8) is 0 Å². The van der Waals surface area contributed by atoms with Gasteiger partial charge in [-0.05, 0) is 37.8 Å². The van der Waals surface area contributed by atoms with E-state index in [1.165, 1.54) is 13.1 Å². The number of anilines is 1. The molecule has 4 nitrogen and oxygen atoms in total. The highest BCUT2D eigenvalue weighted by molar-refractivity contribution is 5.59. The molecular formula is C19H24N4. The Morgan fingerprint density at radius 2 is 1.57 bits per heavy atom. The Labute approximate surface area is 138 Å². The van der Waals surface area contributed by atoms with Gasteiger partial charge in [0.1, 0.15) is 0 Å². The predicted octanol–water partition coefficient (Wildman–Crippen LogP) is 2.92. The van der Waals surface area contributed by atoms with Crippen molar-refractivity contribution in [2.75, 3.05) is 31.1 Å². The van der Waals surface area contributed by atoms with Crippen LogP contribution in [0.25, 0.3) is 11.3 Å². The number of nitrogens with zero attached hydrogens (tertiary/aromatic N) is 4. The first-order chi connectivity index (χ1) is 11.2. The summed E-state index contributed by atoms with van der Waals surface area (Å²) < 4.78 is 0. The van der Waals surface area contributed by atoms with Crippen molar-refractivity contribution in [3.05, 3.63) is 42.5 Å². The number of hydrogen-bond acceptors (Lipinski definition) is 4. The summed E-state index contributed by atoms with van der Waals surface area (Å²) in [5.41, 5.74) is 2.07. The van der Waals surface area contributed by atoms with Crippen LogP contribution in [0, 0.1) is 11.8 Å². The Bertz CT molecular complexity index is 639. The van der Waals surface area contributed by atoms with E-state index < -0.39 is 0 Å². The summed E-state index contributed by atoms with van der Waals surface area (Å²) in [6.07, 6.45) is 0. The lowest BCUT2D eigenvalue weighted by molar-refractivity contribution is 0.258. The van der Waals surface area contributed by atoms with E-state index in [1.54, 1.807) is 0 Å². The molecule has 1 aromatic carbocycles. The second-order valence-electron chi connectivity index (χ2n) is 7.12. The number of aromatic nitrogens is 2.